The third-order valence-electron chi connectivity index (χ3n) is 3.30. The van der Waals surface area contributed by atoms with Gasteiger partial charge in [0.2, 0.25) is 0 Å². The minimum Gasteiger partial charge on any atom is -0.441 e. The Kier molecular flexibility index (Phi) is 4.26. The summed E-state index contributed by atoms with van der Waals surface area (Å²) in [5.41, 5.74) is 0.848. The first kappa shape index (κ1) is 14.5. The molecule has 1 heterocycles. The summed E-state index contributed by atoms with van der Waals surface area (Å²) in [7, 11) is 0. The number of amides is 1. The van der Waals surface area contributed by atoms with Gasteiger partial charge in [0.1, 0.15) is 6.10 Å². The molecule has 2 rings (SSSR count). The van der Waals surface area contributed by atoms with Gasteiger partial charge in [-0.3, -0.25) is 0 Å². The van der Waals surface area contributed by atoms with E-state index in [0.717, 1.165) is 12.0 Å². The van der Waals surface area contributed by atoms with Crippen molar-refractivity contribution in [2.45, 2.75) is 45.4 Å². The normalized spacial score (nSPS) is 23.7. The van der Waals surface area contributed by atoms with Gasteiger partial charge in [0.15, 0.2) is 0 Å². The molecule has 3 nitrogen and oxygen atoms in total. The molecule has 0 N–H and O–H groups in total. The summed E-state index contributed by atoms with van der Waals surface area (Å²) in [5.74, 6) is 0. The van der Waals surface area contributed by atoms with Gasteiger partial charge in [-0.2, -0.15) is 0 Å². The number of ether oxygens (including phenoxy) is 1. The van der Waals surface area contributed by atoms with Gasteiger partial charge in [-0.15, -0.1) is 0 Å². The highest BCUT2D eigenvalue weighted by molar-refractivity contribution is 6.34. The summed E-state index contributed by atoms with van der Waals surface area (Å²) in [6.45, 7) is 5.99. The van der Waals surface area contributed by atoms with E-state index in [4.69, 9.17) is 27.9 Å². The maximum absolute atomic E-state index is 12.0. The van der Waals surface area contributed by atoms with Crippen LogP contribution in [0.1, 0.15) is 38.9 Å². The molecule has 1 fully saturated rings. The maximum Gasteiger partial charge on any atom is 0.410 e. The highest BCUT2D eigenvalue weighted by Crippen LogP contribution is 2.34. The Labute approximate surface area is 123 Å². The molecule has 5 heteroatoms. The van der Waals surface area contributed by atoms with Crippen molar-refractivity contribution in [2.75, 3.05) is 0 Å². The lowest BCUT2D eigenvalue weighted by atomic mass is 9.99. The molecule has 0 radical (unpaired) electrons. The van der Waals surface area contributed by atoms with Crippen molar-refractivity contribution in [1.29, 1.82) is 0 Å². The zero-order chi connectivity index (χ0) is 14.2. The van der Waals surface area contributed by atoms with Crippen LogP contribution in [0.4, 0.5) is 4.79 Å². The van der Waals surface area contributed by atoms with Gasteiger partial charge >= 0.3 is 6.09 Å². The zero-order valence-electron chi connectivity index (χ0n) is 11.2. The van der Waals surface area contributed by atoms with Crippen molar-refractivity contribution < 1.29 is 9.53 Å². The molecule has 1 aliphatic rings. The number of cyclic esters (lactones) is 1. The number of carbonyl (C=O) groups is 1. The summed E-state index contributed by atoms with van der Waals surface area (Å²) in [5, 5.41) is 1.11. The molecule has 0 bridgehead atoms. The van der Waals surface area contributed by atoms with Crippen LogP contribution in [-0.2, 0) is 4.74 Å². The van der Waals surface area contributed by atoms with Gasteiger partial charge in [-0.1, -0.05) is 23.2 Å². The van der Waals surface area contributed by atoms with E-state index in [2.05, 4.69) is 0 Å². The predicted octanol–water partition coefficient (Wildman–Crippen LogP) is 4.67. The Bertz CT molecular complexity index is 470. The fraction of sp³-hybridized carbons (Fsp3) is 0.500. The topological polar surface area (TPSA) is 29.5 Å². The Morgan fingerprint density at radius 2 is 1.84 bits per heavy atom. The van der Waals surface area contributed by atoms with Crippen molar-refractivity contribution >= 4 is 29.3 Å². The van der Waals surface area contributed by atoms with Crippen LogP contribution >= 0.6 is 23.2 Å². The van der Waals surface area contributed by atoms with E-state index in [1.165, 1.54) is 0 Å². The highest BCUT2D eigenvalue weighted by Gasteiger charge is 2.35. The predicted molar refractivity (Wildman–Crippen MR) is 76.7 cm³/mol. The van der Waals surface area contributed by atoms with Gasteiger partial charge in [0, 0.05) is 28.5 Å². The molecule has 1 aliphatic heterocycles. The fourth-order valence-electron chi connectivity index (χ4n) is 2.52. The molecule has 1 aromatic rings. The number of hydrogen-bond donors (Lipinski definition) is 0. The van der Waals surface area contributed by atoms with Crippen molar-refractivity contribution in [3.63, 3.8) is 0 Å². The van der Waals surface area contributed by atoms with Crippen molar-refractivity contribution in [2.24, 2.45) is 0 Å². The molecule has 0 aromatic heterocycles. The van der Waals surface area contributed by atoms with Crippen LogP contribution < -0.4 is 0 Å². The summed E-state index contributed by atoms with van der Waals surface area (Å²) in [6, 6.07) is 5.52. The first-order valence-electron chi connectivity index (χ1n) is 6.33. The molecular formula is C14H17Cl2NO2. The second-order valence-corrected chi connectivity index (χ2v) is 6.03. The number of hydrogen-bond acceptors (Lipinski definition) is 2. The van der Waals surface area contributed by atoms with Gasteiger partial charge in [0.05, 0.1) is 0 Å². The summed E-state index contributed by atoms with van der Waals surface area (Å²) < 4.78 is 5.50. The lowest BCUT2D eigenvalue weighted by Crippen LogP contribution is -2.48. The van der Waals surface area contributed by atoms with Crippen LogP contribution in [0.15, 0.2) is 18.2 Å². The molecule has 1 saturated heterocycles. The second kappa shape index (κ2) is 5.59. The number of halogens is 2. The molecule has 0 aliphatic carbocycles. The third-order valence-corrected chi connectivity index (χ3v) is 3.73. The van der Waals surface area contributed by atoms with Gasteiger partial charge in [0.25, 0.3) is 0 Å². The van der Waals surface area contributed by atoms with E-state index in [-0.39, 0.29) is 24.3 Å². The second-order valence-electron chi connectivity index (χ2n) is 5.16. The summed E-state index contributed by atoms with van der Waals surface area (Å²) in [4.78, 5) is 13.8. The molecule has 104 valence electrons. The molecule has 0 unspecified atom stereocenters. The van der Waals surface area contributed by atoms with Crippen LogP contribution in [0.5, 0.6) is 0 Å². The van der Waals surface area contributed by atoms with Crippen LogP contribution in [0.2, 0.25) is 10.0 Å². The molecule has 19 heavy (non-hydrogen) atoms. The molecule has 0 saturated carbocycles. The van der Waals surface area contributed by atoms with Gasteiger partial charge in [-0.05, 0) is 44.5 Å². The van der Waals surface area contributed by atoms with Gasteiger partial charge < -0.3 is 9.64 Å². The van der Waals surface area contributed by atoms with Crippen LogP contribution in [0, 0.1) is 0 Å². The average molecular weight is 302 g/mol. The number of rotatable bonds is 2. The van der Waals surface area contributed by atoms with Crippen LogP contribution in [-0.4, -0.2) is 23.1 Å². The Hall–Kier alpha value is -0.930. The number of carbonyl (C=O) groups excluding carboxylic acids is 1. The third kappa shape index (κ3) is 3.15. The summed E-state index contributed by atoms with van der Waals surface area (Å²) >= 11 is 12.0. The van der Waals surface area contributed by atoms with Crippen molar-refractivity contribution in [3.8, 4) is 0 Å². The first-order valence-corrected chi connectivity index (χ1v) is 7.09. The van der Waals surface area contributed by atoms with E-state index in [1.807, 2.05) is 20.8 Å². The molecular weight excluding hydrogens is 285 g/mol. The van der Waals surface area contributed by atoms with Crippen molar-refractivity contribution in [3.05, 3.63) is 33.8 Å². The van der Waals surface area contributed by atoms with E-state index in [0.29, 0.717) is 10.0 Å². The zero-order valence-corrected chi connectivity index (χ0v) is 12.7. The minimum atomic E-state index is -0.284. The quantitative estimate of drug-likeness (QED) is 0.794. The largest absolute Gasteiger partial charge is 0.441 e. The Morgan fingerprint density at radius 3 is 2.32 bits per heavy atom. The van der Waals surface area contributed by atoms with E-state index in [1.54, 1.807) is 23.1 Å². The van der Waals surface area contributed by atoms with Crippen LogP contribution in [0.3, 0.4) is 0 Å². The monoisotopic (exact) mass is 301 g/mol. The Balaban J connectivity index is 2.22. The van der Waals surface area contributed by atoms with E-state index < -0.39 is 0 Å². The molecule has 1 amide bonds. The lowest BCUT2D eigenvalue weighted by molar-refractivity contribution is -0.00869. The molecule has 2 atom stereocenters. The minimum absolute atomic E-state index is 0.129. The van der Waals surface area contributed by atoms with E-state index in [9.17, 15) is 4.79 Å². The molecule has 1 aromatic carbocycles. The first-order chi connectivity index (χ1) is 8.88. The lowest BCUT2D eigenvalue weighted by Gasteiger charge is -2.39. The molecule has 0 spiro atoms. The average Bonchev–Trinajstić information content (AvgIpc) is 2.25. The summed E-state index contributed by atoms with van der Waals surface area (Å²) in [6.07, 6.45) is 0.171. The highest BCUT2D eigenvalue weighted by atomic mass is 35.5. The van der Waals surface area contributed by atoms with E-state index >= 15 is 0 Å². The Morgan fingerprint density at radius 1 is 1.26 bits per heavy atom. The van der Waals surface area contributed by atoms with Gasteiger partial charge in [-0.25, -0.2) is 4.79 Å². The maximum atomic E-state index is 12.0. The van der Waals surface area contributed by atoms with Crippen LogP contribution in [0.25, 0.3) is 0 Å². The number of benzene rings is 1. The standard InChI is InChI=1S/C14H17Cl2NO2/c1-8(2)17-9(3)4-13(19-14(17)18)10-5-11(15)7-12(16)6-10/h5-9,13H,4H2,1-3H3/t9-,13+/m1/s1. The number of nitrogens with zero attached hydrogens (tertiary/aromatic N) is 1. The fourth-order valence-corrected chi connectivity index (χ4v) is 3.06. The SMILES string of the molecule is CC(C)N1C(=O)O[C@H](c2cc(Cl)cc(Cl)c2)C[C@H]1C. The van der Waals surface area contributed by atoms with Crippen molar-refractivity contribution in [1.82, 2.24) is 4.90 Å². The smallest absolute Gasteiger partial charge is 0.410 e.